The lowest BCUT2D eigenvalue weighted by Gasteiger charge is -2.30. The molecule has 0 radical (unpaired) electrons. The van der Waals surface area contributed by atoms with E-state index in [1.54, 1.807) is 0 Å². The molecule has 3 nitrogen and oxygen atoms in total. The summed E-state index contributed by atoms with van der Waals surface area (Å²) in [4.78, 5) is 0. The van der Waals surface area contributed by atoms with Gasteiger partial charge in [-0.3, -0.25) is 0 Å². The molecule has 2 N–H and O–H groups in total. The van der Waals surface area contributed by atoms with Crippen LogP contribution in [0, 0.1) is 0 Å². The van der Waals surface area contributed by atoms with Gasteiger partial charge in [0.2, 0.25) is 0 Å². The SMILES string of the molecule is NC(Cc1ccc(Cl)cc1)C1COc2ccccc2O1. The van der Waals surface area contributed by atoms with E-state index in [0.29, 0.717) is 6.61 Å². The van der Waals surface area contributed by atoms with Crippen LogP contribution in [0.3, 0.4) is 0 Å². The van der Waals surface area contributed by atoms with E-state index in [2.05, 4.69) is 0 Å². The zero-order valence-electron chi connectivity index (χ0n) is 11.0. The average Bonchev–Trinajstić information content (AvgIpc) is 2.49. The Balaban J connectivity index is 1.67. The van der Waals surface area contributed by atoms with Gasteiger partial charge in [0.1, 0.15) is 12.7 Å². The smallest absolute Gasteiger partial charge is 0.161 e. The summed E-state index contributed by atoms with van der Waals surface area (Å²) in [5, 5.41) is 0.730. The molecule has 2 aromatic rings. The highest BCUT2D eigenvalue weighted by atomic mass is 35.5. The molecule has 4 heteroatoms. The van der Waals surface area contributed by atoms with Crippen molar-refractivity contribution in [2.24, 2.45) is 5.73 Å². The molecule has 1 heterocycles. The van der Waals surface area contributed by atoms with Crippen LogP contribution in [0.25, 0.3) is 0 Å². The predicted octanol–water partition coefficient (Wildman–Crippen LogP) is 3.05. The molecule has 1 aliphatic heterocycles. The van der Waals surface area contributed by atoms with Crippen molar-refractivity contribution in [2.45, 2.75) is 18.6 Å². The second-order valence-electron chi connectivity index (χ2n) is 4.91. The first-order valence-electron chi connectivity index (χ1n) is 6.61. The fraction of sp³-hybridized carbons (Fsp3) is 0.250. The third kappa shape index (κ3) is 2.89. The third-order valence-corrected chi connectivity index (χ3v) is 3.64. The number of para-hydroxylation sites is 2. The normalized spacial score (nSPS) is 18.6. The first-order valence-corrected chi connectivity index (χ1v) is 6.99. The van der Waals surface area contributed by atoms with Crippen LogP contribution >= 0.6 is 11.6 Å². The Bertz CT molecular complexity index is 585. The van der Waals surface area contributed by atoms with Crippen molar-refractivity contribution >= 4 is 11.6 Å². The van der Waals surface area contributed by atoms with Gasteiger partial charge >= 0.3 is 0 Å². The molecule has 0 amide bonds. The Morgan fingerprint density at radius 1 is 1.10 bits per heavy atom. The summed E-state index contributed by atoms with van der Waals surface area (Å²) >= 11 is 5.88. The third-order valence-electron chi connectivity index (χ3n) is 3.39. The number of ether oxygens (including phenoxy) is 2. The Kier molecular flexibility index (Phi) is 3.81. The Morgan fingerprint density at radius 3 is 2.55 bits per heavy atom. The number of nitrogens with two attached hydrogens (primary N) is 1. The number of halogens is 1. The minimum atomic E-state index is -0.138. The van der Waals surface area contributed by atoms with Crippen LogP contribution in [0.4, 0.5) is 0 Å². The van der Waals surface area contributed by atoms with E-state index >= 15 is 0 Å². The molecule has 2 aromatic carbocycles. The van der Waals surface area contributed by atoms with Gasteiger partial charge in [0.05, 0.1) is 0 Å². The fourth-order valence-electron chi connectivity index (χ4n) is 2.27. The molecule has 0 aromatic heterocycles. The standard InChI is InChI=1S/C16H16ClNO2/c17-12-7-5-11(6-8-12)9-13(18)16-10-19-14-3-1-2-4-15(14)20-16/h1-8,13,16H,9-10,18H2. The summed E-state index contributed by atoms with van der Waals surface area (Å²) in [6.07, 6.45) is 0.591. The number of benzene rings is 2. The lowest BCUT2D eigenvalue weighted by atomic mass is 10.0. The van der Waals surface area contributed by atoms with E-state index in [4.69, 9.17) is 26.8 Å². The zero-order chi connectivity index (χ0) is 13.9. The van der Waals surface area contributed by atoms with E-state index in [1.807, 2.05) is 48.5 Å². The topological polar surface area (TPSA) is 44.5 Å². The average molecular weight is 290 g/mol. The summed E-state index contributed by atoms with van der Waals surface area (Å²) in [5.74, 6) is 1.54. The van der Waals surface area contributed by atoms with Crippen LogP contribution in [-0.2, 0) is 6.42 Å². The van der Waals surface area contributed by atoms with Gasteiger partial charge in [0.25, 0.3) is 0 Å². The number of rotatable bonds is 3. The molecule has 2 atom stereocenters. The van der Waals surface area contributed by atoms with Crippen LogP contribution in [0.1, 0.15) is 5.56 Å². The van der Waals surface area contributed by atoms with Gasteiger partial charge in [0.15, 0.2) is 11.5 Å². The molecule has 2 unspecified atom stereocenters. The van der Waals surface area contributed by atoms with Gasteiger partial charge in [-0.15, -0.1) is 0 Å². The van der Waals surface area contributed by atoms with Gasteiger partial charge in [-0.05, 0) is 36.2 Å². The summed E-state index contributed by atoms with van der Waals surface area (Å²) < 4.78 is 11.6. The monoisotopic (exact) mass is 289 g/mol. The predicted molar refractivity (Wildman–Crippen MR) is 79.5 cm³/mol. The van der Waals surface area contributed by atoms with Gasteiger partial charge < -0.3 is 15.2 Å². The fourth-order valence-corrected chi connectivity index (χ4v) is 2.40. The highest BCUT2D eigenvalue weighted by Crippen LogP contribution is 2.31. The largest absolute Gasteiger partial charge is 0.486 e. The maximum Gasteiger partial charge on any atom is 0.161 e. The molecular weight excluding hydrogens is 274 g/mol. The van der Waals surface area contributed by atoms with E-state index in [9.17, 15) is 0 Å². The minimum absolute atomic E-state index is 0.121. The highest BCUT2D eigenvalue weighted by Gasteiger charge is 2.26. The molecule has 3 rings (SSSR count). The molecule has 0 saturated carbocycles. The van der Waals surface area contributed by atoms with Crippen LogP contribution in [0.15, 0.2) is 48.5 Å². The summed E-state index contributed by atoms with van der Waals surface area (Å²) in [6.45, 7) is 0.478. The Hall–Kier alpha value is -1.71. The van der Waals surface area contributed by atoms with Crippen LogP contribution < -0.4 is 15.2 Å². The molecular formula is C16H16ClNO2. The van der Waals surface area contributed by atoms with E-state index in [-0.39, 0.29) is 12.1 Å². The first-order chi connectivity index (χ1) is 9.72. The molecule has 0 aliphatic carbocycles. The lowest BCUT2D eigenvalue weighted by Crippen LogP contribution is -2.46. The van der Waals surface area contributed by atoms with Crippen LogP contribution in [0.5, 0.6) is 11.5 Å². The van der Waals surface area contributed by atoms with Gasteiger partial charge in [-0.25, -0.2) is 0 Å². The molecule has 0 spiro atoms. The molecule has 0 saturated heterocycles. The lowest BCUT2D eigenvalue weighted by molar-refractivity contribution is 0.0723. The highest BCUT2D eigenvalue weighted by molar-refractivity contribution is 6.30. The van der Waals surface area contributed by atoms with E-state index in [1.165, 1.54) is 0 Å². The summed E-state index contributed by atoms with van der Waals surface area (Å²) in [6, 6.07) is 15.2. The summed E-state index contributed by atoms with van der Waals surface area (Å²) in [7, 11) is 0. The maximum atomic E-state index is 6.24. The van der Waals surface area contributed by atoms with Crippen LogP contribution in [-0.4, -0.2) is 18.8 Å². The van der Waals surface area contributed by atoms with Crippen LogP contribution in [0.2, 0.25) is 5.02 Å². The molecule has 1 aliphatic rings. The first kappa shape index (κ1) is 13.3. The van der Waals surface area contributed by atoms with Gasteiger partial charge in [0, 0.05) is 11.1 Å². The van der Waals surface area contributed by atoms with Crippen molar-refractivity contribution in [3.63, 3.8) is 0 Å². The van der Waals surface area contributed by atoms with E-state index in [0.717, 1.165) is 28.5 Å². The Morgan fingerprint density at radius 2 is 1.80 bits per heavy atom. The number of hydrogen-bond donors (Lipinski definition) is 1. The van der Waals surface area contributed by atoms with Gasteiger partial charge in [-0.1, -0.05) is 35.9 Å². The van der Waals surface area contributed by atoms with Crippen molar-refractivity contribution in [1.82, 2.24) is 0 Å². The minimum Gasteiger partial charge on any atom is -0.486 e. The number of fused-ring (bicyclic) bond motifs is 1. The molecule has 0 bridgehead atoms. The van der Waals surface area contributed by atoms with E-state index < -0.39 is 0 Å². The van der Waals surface area contributed by atoms with Crippen molar-refractivity contribution < 1.29 is 9.47 Å². The van der Waals surface area contributed by atoms with Crippen molar-refractivity contribution in [3.05, 3.63) is 59.1 Å². The zero-order valence-corrected chi connectivity index (χ0v) is 11.7. The summed E-state index contributed by atoms with van der Waals surface area (Å²) in [5.41, 5.74) is 7.38. The molecule has 104 valence electrons. The Labute approximate surface area is 123 Å². The quantitative estimate of drug-likeness (QED) is 0.944. The van der Waals surface area contributed by atoms with Crippen molar-refractivity contribution in [1.29, 1.82) is 0 Å². The van der Waals surface area contributed by atoms with Crippen molar-refractivity contribution in [2.75, 3.05) is 6.61 Å². The second-order valence-corrected chi connectivity index (χ2v) is 5.34. The van der Waals surface area contributed by atoms with Gasteiger partial charge in [-0.2, -0.15) is 0 Å². The maximum absolute atomic E-state index is 6.24. The number of hydrogen-bond acceptors (Lipinski definition) is 3. The molecule has 0 fully saturated rings. The second kappa shape index (κ2) is 5.73. The molecule has 20 heavy (non-hydrogen) atoms. The van der Waals surface area contributed by atoms with Crippen molar-refractivity contribution in [3.8, 4) is 11.5 Å².